The summed E-state index contributed by atoms with van der Waals surface area (Å²) in [4.78, 5) is 30.1. The van der Waals surface area contributed by atoms with Crippen molar-refractivity contribution in [2.45, 2.75) is 44.5 Å². The first kappa shape index (κ1) is 18.7. The number of fused-ring (bicyclic) bond motifs is 2. The second kappa shape index (κ2) is 6.91. The van der Waals surface area contributed by atoms with Crippen LogP contribution in [-0.2, 0) is 21.0 Å². The highest BCUT2D eigenvalue weighted by Gasteiger charge is 2.60. The maximum Gasteiger partial charge on any atom is 0.268 e. The molecule has 1 saturated carbocycles. The van der Waals surface area contributed by atoms with Gasteiger partial charge in [0.25, 0.3) is 5.91 Å². The lowest BCUT2D eigenvalue weighted by Gasteiger charge is -2.37. The molecule has 1 aliphatic carbocycles. The Labute approximate surface area is 176 Å². The molecule has 2 heterocycles. The van der Waals surface area contributed by atoms with Crippen LogP contribution in [0.15, 0.2) is 42.5 Å². The molecule has 2 aromatic carbocycles. The van der Waals surface area contributed by atoms with E-state index in [4.69, 9.17) is 0 Å². The first-order chi connectivity index (χ1) is 14.0. The topological polar surface area (TPSA) is 40.6 Å². The van der Waals surface area contributed by atoms with Gasteiger partial charge in [-0.1, -0.05) is 53.9 Å². The van der Waals surface area contributed by atoms with Crippen molar-refractivity contribution in [3.63, 3.8) is 0 Å². The largest absolute Gasteiger partial charge is 0.315 e. The average Bonchev–Trinajstić information content (AvgIpc) is 3.18. The first-order valence-electron chi connectivity index (χ1n) is 10.4. The van der Waals surface area contributed by atoms with Crippen LogP contribution in [0.1, 0.15) is 41.5 Å². The number of carbonyl (C=O) groups is 2. The van der Waals surface area contributed by atoms with E-state index in [2.05, 4.69) is 50.2 Å². The summed E-state index contributed by atoms with van der Waals surface area (Å²) in [7, 11) is 0. The molecule has 0 aromatic heterocycles. The zero-order valence-electron chi connectivity index (χ0n) is 17.0. The number of amides is 2. The Hall–Kier alpha value is -2.27. The number of hydrogen-bond acceptors (Lipinski definition) is 3. The molecule has 1 unspecified atom stereocenters. The van der Waals surface area contributed by atoms with E-state index in [9.17, 15) is 9.59 Å². The van der Waals surface area contributed by atoms with Crippen molar-refractivity contribution in [3.8, 4) is 0 Å². The molecule has 4 nitrogen and oxygen atoms in total. The van der Waals surface area contributed by atoms with Gasteiger partial charge in [-0.05, 0) is 38.3 Å². The summed E-state index contributed by atoms with van der Waals surface area (Å²) in [6.07, 6.45) is 3.03. The minimum atomic E-state index is -0.891. The molecule has 0 N–H and O–H groups in total. The van der Waals surface area contributed by atoms with E-state index in [0.29, 0.717) is 13.1 Å². The van der Waals surface area contributed by atoms with Crippen molar-refractivity contribution < 1.29 is 9.59 Å². The normalized spacial score (nSPS) is 23.6. The molecule has 3 aliphatic rings. The summed E-state index contributed by atoms with van der Waals surface area (Å²) in [6.45, 7) is 5.31. The number of rotatable bonds is 3. The molecule has 0 bridgehead atoms. The fourth-order valence-electron chi connectivity index (χ4n) is 4.78. The van der Waals surface area contributed by atoms with E-state index < -0.39 is 4.87 Å². The van der Waals surface area contributed by atoms with Crippen LogP contribution in [0.5, 0.6) is 0 Å². The third-order valence-corrected chi connectivity index (χ3v) is 7.91. The predicted molar refractivity (Wildman–Crippen MR) is 117 cm³/mol. The zero-order chi connectivity index (χ0) is 20.2. The van der Waals surface area contributed by atoms with Gasteiger partial charge in [-0.2, -0.15) is 0 Å². The van der Waals surface area contributed by atoms with E-state index in [-0.39, 0.29) is 17.7 Å². The van der Waals surface area contributed by atoms with Crippen LogP contribution in [0.25, 0.3) is 0 Å². The lowest BCUT2D eigenvalue weighted by atomic mass is 9.84. The number of anilines is 1. The Balaban J connectivity index is 1.58. The molecule has 5 heteroatoms. The van der Waals surface area contributed by atoms with Crippen molar-refractivity contribution in [2.75, 3.05) is 17.2 Å². The van der Waals surface area contributed by atoms with Crippen LogP contribution in [0.3, 0.4) is 0 Å². The third kappa shape index (κ3) is 2.82. The molecule has 5 rings (SSSR count). The van der Waals surface area contributed by atoms with Crippen LogP contribution in [0.4, 0.5) is 5.69 Å². The fraction of sp³-hybridized carbons (Fsp3) is 0.417. The predicted octanol–water partition coefficient (Wildman–Crippen LogP) is 4.38. The lowest BCUT2D eigenvalue weighted by Crippen LogP contribution is -2.52. The molecule has 2 aromatic rings. The molecule has 2 aliphatic heterocycles. The van der Waals surface area contributed by atoms with Gasteiger partial charge >= 0.3 is 0 Å². The highest BCUT2D eigenvalue weighted by molar-refractivity contribution is 8.01. The molecule has 0 radical (unpaired) electrons. The summed E-state index contributed by atoms with van der Waals surface area (Å²) in [5, 5.41) is 0. The summed E-state index contributed by atoms with van der Waals surface area (Å²) < 4.78 is 0. The lowest BCUT2D eigenvalue weighted by molar-refractivity contribution is -0.145. The number of nitrogens with zero attached hydrogens (tertiary/aromatic N) is 2. The van der Waals surface area contributed by atoms with E-state index in [1.807, 2.05) is 15.9 Å². The van der Waals surface area contributed by atoms with Gasteiger partial charge in [0.05, 0.1) is 12.2 Å². The van der Waals surface area contributed by atoms with Crippen LogP contribution < -0.4 is 4.90 Å². The summed E-state index contributed by atoms with van der Waals surface area (Å²) in [5.74, 6) is 1.10. The van der Waals surface area contributed by atoms with Crippen LogP contribution in [0, 0.1) is 19.8 Å². The molecule has 150 valence electrons. The van der Waals surface area contributed by atoms with E-state index in [1.165, 1.54) is 5.56 Å². The Morgan fingerprint density at radius 2 is 1.93 bits per heavy atom. The second-order valence-corrected chi connectivity index (χ2v) is 9.80. The molecule has 1 spiro atoms. The number of carbonyl (C=O) groups excluding carboxylic acids is 2. The van der Waals surface area contributed by atoms with Gasteiger partial charge in [0, 0.05) is 23.8 Å². The summed E-state index contributed by atoms with van der Waals surface area (Å²) in [6, 6.07) is 14.5. The number of hydrogen-bond donors (Lipinski definition) is 0. The van der Waals surface area contributed by atoms with Gasteiger partial charge in [-0.25, -0.2) is 0 Å². The minimum absolute atomic E-state index is 0.0368. The van der Waals surface area contributed by atoms with Crippen LogP contribution >= 0.6 is 11.8 Å². The van der Waals surface area contributed by atoms with E-state index in [0.717, 1.165) is 47.4 Å². The van der Waals surface area contributed by atoms with Crippen molar-refractivity contribution in [3.05, 3.63) is 64.7 Å². The molecular weight excluding hydrogens is 380 g/mol. The minimum Gasteiger partial charge on any atom is -0.315 e. The van der Waals surface area contributed by atoms with Crippen LogP contribution in [-0.4, -0.2) is 29.0 Å². The van der Waals surface area contributed by atoms with Gasteiger partial charge in [0.15, 0.2) is 4.87 Å². The third-order valence-electron chi connectivity index (χ3n) is 6.49. The quantitative estimate of drug-likeness (QED) is 0.760. The summed E-state index contributed by atoms with van der Waals surface area (Å²) >= 11 is 1.63. The summed E-state index contributed by atoms with van der Waals surface area (Å²) in [5.41, 5.74) is 5.36. The molecule has 1 saturated heterocycles. The van der Waals surface area contributed by atoms with E-state index >= 15 is 0 Å². The number of benzene rings is 2. The molecule has 29 heavy (non-hydrogen) atoms. The number of thioether (sulfide) groups is 1. The number of aryl methyl sites for hydroxylation is 2. The fourth-order valence-corrected chi connectivity index (χ4v) is 6.23. The van der Waals surface area contributed by atoms with Gasteiger partial charge in [-0.3, -0.25) is 9.59 Å². The van der Waals surface area contributed by atoms with Crippen molar-refractivity contribution in [1.82, 2.24) is 4.90 Å². The highest BCUT2D eigenvalue weighted by Crippen LogP contribution is 2.55. The van der Waals surface area contributed by atoms with Gasteiger partial charge in [0.2, 0.25) is 5.91 Å². The SMILES string of the molecule is Cc1cccc(CN2C(=O)C3(SCCN3C(=O)C3CCC3)c3cc(C)ccc32)c1. The van der Waals surface area contributed by atoms with Crippen molar-refractivity contribution in [1.29, 1.82) is 0 Å². The molecule has 2 fully saturated rings. The monoisotopic (exact) mass is 406 g/mol. The Bertz CT molecular complexity index is 1000. The molecule has 1 atom stereocenters. The van der Waals surface area contributed by atoms with Crippen LogP contribution in [0.2, 0.25) is 0 Å². The standard InChI is InChI=1S/C24H26N2O2S/c1-16-5-3-6-18(13-16)15-25-21-10-9-17(2)14-20(21)24(23(25)28)26(11-12-29-24)22(27)19-7-4-8-19/h3,5-6,9-10,13-14,19H,4,7-8,11-12,15H2,1-2H3. The van der Waals surface area contributed by atoms with Gasteiger partial charge < -0.3 is 9.80 Å². The second-order valence-electron chi connectivity index (χ2n) is 8.51. The van der Waals surface area contributed by atoms with E-state index in [1.54, 1.807) is 11.8 Å². The van der Waals surface area contributed by atoms with Crippen molar-refractivity contribution in [2.24, 2.45) is 5.92 Å². The zero-order valence-corrected chi connectivity index (χ0v) is 17.8. The van der Waals surface area contributed by atoms with Crippen molar-refractivity contribution >= 4 is 29.3 Å². The maximum atomic E-state index is 13.9. The smallest absolute Gasteiger partial charge is 0.268 e. The van der Waals surface area contributed by atoms with Gasteiger partial charge in [0.1, 0.15) is 0 Å². The Kier molecular flexibility index (Phi) is 4.46. The molecule has 2 amide bonds. The van der Waals surface area contributed by atoms with Gasteiger partial charge in [-0.15, -0.1) is 11.8 Å². The highest BCUT2D eigenvalue weighted by atomic mass is 32.2. The Morgan fingerprint density at radius 1 is 1.14 bits per heavy atom. The first-order valence-corrected chi connectivity index (χ1v) is 11.4. The molecular formula is C24H26N2O2S. The maximum absolute atomic E-state index is 13.9. The average molecular weight is 407 g/mol. The Morgan fingerprint density at radius 3 is 2.66 bits per heavy atom.